The van der Waals surface area contributed by atoms with Gasteiger partial charge in [0.1, 0.15) is 12.4 Å². The molecule has 0 unspecified atom stereocenters. The minimum Gasteiger partial charge on any atom is -0.490 e. The van der Waals surface area contributed by atoms with Crippen molar-refractivity contribution in [3.63, 3.8) is 0 Å². The van der Waals surface area contributed by atoms with Gasteiger partial charge in [0.05, 0.1) is 17.2 Å². The molecule has 0 aliphatic rings. The molecule has 0 heterocycles. The fourth-order valence-electron chi connectivity index (χ4n) is 3.04. The lowest BCUT2D eigenvalue weighted by molar-refractivity contribution is 0.174. The second kappa shape index (κ2) is 11.1. The summed E-state index contributed by atoms with van der Waals surface area (Å²) in [6.07, 6.45) is -0.579. The summed E-state index contributed by atoms with van der Waals surface area (Å²) in [5, 5.41) is 13.6. The summed E-state index contributed by atoms with van der Waals surface area (Å²) < 4.78 is 26.2. The standard InChI is InChI=1S/C24H25BrFNO3/c1-2-29-23-13-17(14-27-15-22(28)18-8-4-3-5-9-18)12-20(25)24(23)30-16-19-10-6-7-11-21(19)26/h3-13,22,27-28H,2,14-16H2,1H3/t22-/m0/s1. The Hall–Kier alpha value is -2.41. The molecule has 0 aliphatic carbocycles. The molecule has 0 amide bonds. The van der Waals surface area contributed by atoms with Gasteiger partial charge in [0.15, 0.2) is 11.5 Å². The third-order valence-electron chi connectivity index (χ3n) is 4.55. The van der Waals surface area contributed by atoms with E-state index in [0.29, 0.717) is 36.8 Å². The van der Waals surface area contributed by atoms with Crippen LogP contribution in [0.5, 0.6) is 11.5 Å². The van der Waals surface area contributed by atoms with Crippen molar-refractivity contribution in [2.75, 3.05) is 13.2 Å². The number of rotatable bonds is 10. The van der Waals surface area contributed by atoms with E-state index in [1.165, 1.54) is 6.07 Å². The lowest BCUT2D eigenvalue weighted by atomic mass is 10.1. The predicted octanol–water partition coefficient (Wildman–Crippen LogP) is 5.39. The summed E-state index contributed by atoms with van der Waals surface area (Å²) >= 11 is 3.54. The van der Waals surface area contributed by atoms with Gasteiger partial charge in [0.2, 0.25) is 0 Å². The third kappa shape index (κ3) is 6.05. The third-order valence-corrected chi connectivity index (χ3v) is 5.14. The molecule has 0 aliphatic heterocycles. The van der Waals surface area contributed by atoms with Crippen molar-refractivity contribution in [3.8, 4) is 11.5 Å². The predicted molar refractivity (Wildman–Crippen MR) is 119 cm³/mol. The molecule has 0 spiro atoms. The Bertz CT molecular complexity index is 952. The Labute approximate surface area is 184 Å². The van der Waals surface area contributed by atoms with Crippen LogP contribution in [-0.2, 0) is 13.2 Å². The molecule has 6 heteroatoms. The Balaban J connectivity index is 1.65. The first kappa shape index (κ1) is 22.3. The molecule has 0 fully saturated rings. The van der Waals surface area contributed by atoms with Crippen LogP contribution in [0.25, 0.3) is 0 Å². The molecule has 2 N–H and O–H groups in total. The van der Waals surface area contributed by atoms with Crippen LogP contribution in [0.2, 0.25) is 0 Å². The smallest absolute Gasteiger partial charge is 0.175 e. The maximum Gasteiger partial charge on any atom is 0.175 e. The monoisotopic (exact) mass is 473 g/mol. The van der Waals surface area contributed by atoms with Gasteiger partial charge in [-0.05, 0) is 52.2 Å². The van der Waals surface area contributed by atoms with Crippen LogP contribution in [0.3, 0.4) is 0 Å². The first-order chi connectivity index (χ1) is 14.6. The Morgan fingerprint density at radius 2 is 1.77 bits per heavy atom. The number of benzene rings is 3. The first-order valence-corrected chi connectivity index (χ1v) is 10.6. The largest absolute Gasteiger partial charge is 0.490 e. The number of aliphatic hydroxyl groups is 1. The first-order valence-electron chi connectivity index (χ1n) is 9.83. The van der Waals surface area contributed by atoms with Crippen molar-refractivity contribution in [1.29, 1.82) is 0 Å². The van der Waals surface area contributed by atoms with Gasteiger partial charge >= 0.3 is 0 Å². The molecule has 30 heavy (non-hydrogen) atoms. The van der Waals surface area contributed by atoms with Crippen LogP contribution in [0.4, 0.5) is 4.39 Å². The van der Waals surface area contributed by atoms with Gasteiger partial charge in [-0.1, -0.05) is 48.5 Å². The van der Waals surface area contributed by atoms with Crippen LogP contribution in [0.1, 0.15) is 29.7 Å². The Morgan fingerprint density at radius 1 is 1.03 bits per heavy atom. The zero-order valence-corrected chi connectivity index (χ0v) is 18.4. The Morgan fingerprint density at radius 3 is 2.50 bits per heavy atom. The molecular weight excluding hydrogens is 449 g/mol. The van der Waals surface area contributed by atoms with E-state index < -0.39 is 6.10 Å². The van der Waals surface area contributed by atoms with E-state index in [4.69, 9.17) is 9.47 Å². The second-order valence-electron chi connectivity index (χ2n) is 6.78. The van der Waals surface area contributed by atoms with Gasteiger partial charge in [0.25, 0.3) is 0 Å². The summed E-state index contributed by atoms with van der Waals surface area (Å²) in [6, 6.07) is 19.9. The molecule has 1 atom stereocenters. The van der Waals surface area contributed by atoms with E-state index in [-0.39, 0.29) is 12.4 Å². The molecule has 0 saturated carbocycles. The quantitative estimate of drug-likeness (QED) is 0.414. The molecular formula is C24H25BrFNO3. The van der Waals surface area contributed by atoms with E-state index in [1.54, 1.807) is 18.2 Å². The fourth-order valence-corrected chi connectivity index (χ4v) is 3.64. The average Bonchev–Trinajstić information content (AvgIpc) is 2.75. The number of hydrogen-bond donors (Lipinski definition) is 2. The lowest BCUT2D eigenvalue weighted by Gasteiger charge is -2.17. The number of ether oxygens (including phenoxy) is 2. The van der Waals surface area contributed by atoms with Crippen LogP contribution in [-0.4, -0.2) is 18.3 Å². The van der Waals surface area contributed by atoms with Gasteiger partial charge in [0, 0.05) is 18.7 Å². The fraction of sp³-hybridized carbons (Fsp3) is 0.250. The van der Waals surface area contributed by atoms with Gasteiger partial charge in [-0.15, -0.1) is 0 Å². The zero-order chi connectivity index (χ0) is 21.3. The second-order valence-corrected chi connectivity index (χ2v) is 7.63. The van der Waals surface area contributed by atoms with Gasteiger partial charge in [-0.2, -0.15) is 0 Å². The average molecular weight is 474 g/mol. The van der Waals surface area contributed by atoms with Crippen molar-refractivity contribution < 1.29 is 19.0 Å². The van der Waals surface area contributed by atoms with Crippen molar-refractivity contribution in [2.45, 2.75) is 26.2 Å². The number of nitrogens with one attached hydrogen (secondary N) is 1. The highest BCUT2D eigenvalue weighted by atomic mass is 79.9. The summed E-state index contributed by atoms with van der Waals surface area (Å²) in [7, 11) is 0. The molecule has 3 rings (SSSR count). The normalized spacial score (nSPS) is 11.9. The number of hydrogen-bond acceptors (Lipinski definition) is 4. The highest BCUT2D eigenvalue weighted by molar-refractivity contribution is 9.10. The maximum absolute atomic E-state index is 13.9. The maximum atomic E-state index is 13.9. The molecule has 4 nitrogen and oxygen atoms in total. The summed E-state index contributed by atoms with van der Waals surface area (Å²) in [6.45, 7) is 3.46. The minimum atomic E-state index is -0.579. The van der Waals surface area contributed by atoms with Gasteiger partial charge < -0.3 is 19.9 Å². The van der Waals surface area contributed by atoms with Crippen molar-refractivity contribution >= 4 is 15.9 Å². The van der Waals surface area contributed by atoms with Crippen molar-refractivity contribution in [1.82, 2.24) is 5.32 Å². The lowest BCUT2D eigenvalue weighted by Crippen LogP contribution is -2.21. The highest BCUT2D eigenvalue weighted by Crippen LogP contribution is 2.37. The van der Waals surface area contributed by atoms with Gasteiger partial charge in [-0.25, -0.2) is 4.39 Å². The molecule has 3 aromatic carbocycles. The summed E-state index contributed by atoms with van der Waals surface area (Å²) in [4.78, 5) is 0. The molecule has 0 radical (unpaired) electrons. The van der Waals surface area contributed by atoms with Crippen molar-refractivity contribution in [3.05, 3.63) is 93.7 Å². The van der Waals surface area contributed by atoms with E-state index in [0.717, 1.165) is 15.6 Å². The molecule has 0 aromatic heterocycles. The van der Waals surface area contributed by atoms with Crippen LogP contribution in [0, 0.1) is 5.82 Å². The molecule has 0 saturated heterocycles. The van der Waals surface area contributed by atoms with E-state index in [9.17, 15) is 9.50 Å². The topological polar surface area (TPSA) is 50.7 Å². The number of aliphatic hydroxyl groups excluding tert-OH is 1. The Kier molecular flexibility index (Phi) is 8.25. The van der Waals surface area contributed by atoms with E-state index >= 15 is 0 Å². The molecule has 3 aromatic rings. The molecule has 0 bridgehead atoms. The van der Waals surface area contributed by atoms with E-state index in [1.807, 2.05) is 49.4 Å². The highest BCUT2D eigenvalue weighted by Gasteiger charge is 2.14. The molecule has 158 valence electrons. The summed E-state index contributed by atoms with van der Waals surface area (Å²) in [5.41, 5.74) is 2.33. The number of halogens is 2. The van der Waals surface area contributed by atoms with Crippen LogP contribution < -0.4 is 14.8 Å². The zero-order valence-electron chi connectivity index (χ0n) is 16.8. The van der Waals surface area contributed by atoms with Crippen LogP contribution >= 0.6 is 15.9 Å². The van der Waals surface area contributed by atoms with Crippen molar-refractivity contribution in [2.24, 2.45) is 0 Å². The minimum absolute atomic E-state index is 0.103. The summed E-state index contributed by atoms with van der Waals surface area (Å²) in [5.74, 6) is 0.821. The van der Waals surface area contributed by atoms with Gasteiger partial charge in [-0.3, -0.25) is 0 Å². The van der Waals surface area contributed by atoms with Crippen LogP contribution in [0.15, 0.2) is 71.2 Å². The SMILES string of the molecule is CCOc1cc(CNC[C@H](O)c2ccccc2)cc(Br)c1OCc1ccccc1F. The van der Waals surface area contributed by atoms with E-state index in [2.05, 4.69) is 21.2 Å².